The van der Waals surface area contributed by atoms with Gasteiger partial charge in [-0.1, -0.05) is 11.6 Å². The molecule has 4 rings (SSSR count). The van der Waals surface area contributed by atoms with E-state index in [0.717, 1.165) is 11.1 Å². The monoisotopic (exact) mass is 434 g/mol. The fourth-order valence-electron chi connectivity index (χ4n) is 2.86. The molecule has 0 saturated heterocycles. The Balaban J connectivity index is 1.49. The van der Waals surface area contributed by atoms with Crippen molar-refractivity contribution in [1.82, 2.24) is 15.0 Å². The number of aromatic nitrogens is 3. The van der Waals surface area contributed by atoms with E-state index >= 15 is 0 Å². The van der Waals surface area contributed by atoms with Gasteiger partial charge in [-0.2, -0.15) is 0 Å². The number of carbonyl (C=O) groups is 1. The van der Waals surface area contributed by atoms with Crippen molar-refractivity contribution in [3.63, 3.8) is 0 Å². The van der Waals surface area contributed by atoms with Crippen LogP contribution in [0.2, 0.25) is 5.02 Å². The minimum absolute atomic E-state index is 0.128. The van der Waals surface area contributed by atoms with Gasteiger partial charge in [0.15, 0.2) is 5.82 Å². The minimum Gasteiger partial charge on any atom is -0.436 e. The molecule has 0 unspecified atom stereocenters. The number of anilines is 1. The Bertz CT molecular complexity index is 1250. The molecule has 0 radical (unpaired) electrons. The Morgan fingerprint density at radius 2 is 1.94 bits per heavy atom. The van der Waals surface area contributed by atoms with Gasteiger partial charge in [-0.3, -0.25) is 9.78 Å². The van der Waals surface area contributed by atoms with Gasteiger partial charge in [0.2, 0.25) is 0 Å². The summed E-state index contributed by atoms with van der Waals surface area (Å²) in [7, 11) is 0. The second-order valence-corrected chi connectivity index (χ2v) is 7.02. The van der Waals surface area contributed by atoms with Gasteiger partial charge in [-0.15, -0.1) is 0 Å². The maximum Gasteiger partial charge on any atom is 0.258 e. The van der Waals surface area contributed by atoms with Crippen LogP contribution in [-0.4, -0.2) is 20.9 Å². The highest BCUT2D eigenvalue weighted by Crippen LogP contribution is 2.33. The molecular formula is C23H16ClFN4O2. The number of hydrogen-bond acceptors (Lipinski definition) is 5. The number of aryl methyl sites for hydroxylation is 1. The van der Waals surface area contributed by atoms with Gasteiger partial charge in [0.25, 0.3) is 11.8 Å². The van der Waals surface area contributed by atoms with E-state index in [4.69, 9.17) is 16.3 Å². The van der Waals surface area contributed by atoms with Crippen LogP contribution in [0.1, 0.15) is 15.9 Å². The van der Waals surface area contributed by atoms with Crippen molar-refractivity contribution in [2.24, 2.45) is 0 Å². The van der Waals surface area contributed by atoms with Gasteiger partial charge in [0.05, 0.1) is 10.6 Å². The number of carbonyl (C=O) groups excluding carboxylic acids is 1. The molecule has 6 nitrogen and oxygen atoms in total. The SMILES string of the molecule is Cc1ccncc1C(=O)Nc1ccc(-c2ccc(Oc3ncccc3F)cc2Cl)cn1. The van der Waals surface area contributed by atoms with Gasteiger partial charge < -0.3 is 10.1 Å². The zero-order valence-corrected chi connectivity index (χ0v) is 17.1. The molecule has 3 heterocycles. The normalized spacial score (nSPS) is 10.5. The van der Waals surface area contributed by atoms with E-state index < -0.39 is 5.82 Å². The molecule has 1 amide bonds. The second kappa shape index (κ2) is 8.89. The first-order chi connectivity index (χ1) is 15.0. The molecule has 0 saturated carbocycles. The van der Waals surface area contributed by atoms with Crippen molar-refractivity contribution in [2.75, 3.05) is 5.32 Å². The molecule has 1 N–H and O–H groups in total. The van der Waals surface area contributed by atoms with Crippen molar-refractivity contribution < 1.29 is 13.9 Å². The van der Waals surface area contributed by atoms with E-state index in [-0.39, 0.29) is 11.8 Å². The van der Waals surface area contributed by atoms with Crippen molar-refractivity contribution in [3.05, 3.63) is 95.3 Å². The predicted molar refractivity (Wildman–Crippen MR) is 116 cm³/mol. The van der Waals surface area contributed by atoms with Crippen molar-refractivity contribution in [1.29, 1.82) is 0 Å². The summed E-state index contributed by atoms with van der Waals surface area (Å²) >= 11 is 6.39. The summed E-state index contributed by atoms with van der Waals surface area (Å²) in [6.45, 7) is 1.84. The maximum atomic E-state index is 13.7. The molecule has 1 aromatic carbocycles. The van der Waals surface area contributed by atoms with Crippen LogP contribution in [-0.2, 0) is 0 Å². The molecule has 0 aliphatic carbocycles. The third-order valence-electron chi connectivity index (χ3n) is 4.48. The summed E-state index contributed by atoms with van der Waals surface area (Å²) in [6, 6.07) is 13.0. The molecule has 8 heteroatoms. The van der Waals surface area contributed by atoms with Crippen molar-refractivity contribution >= 4 is 23.3 Å². The van der Waals surface area contributed by atoms with Crippen LogP contribution < -0.4 is 10.1 Å². The van der Waals surface area contributed by atoms with Crippen LogP contribution in [0.3, 0.4) is 0 Å². The van der Waals surface area contributed by atoms with Crippen molar-refractivity contribution in [3.8, 4) is 22.8 Å². The smallest absolute Gasteiger partial charge is 0.258 e. The minimum atomic E-state index is -0.564. The number of benzene rings is 1. The fraction of sp³-hybridized carbons (Fsp3) is 0.0435. The Morgan fingerprint density at radius 1 is 1.06 bits per heavy atom. The lowest BCUT2D eigenvalue weighted by Gasteiger charge is -2.10. The highest BCUT2D eigenvalue weighted by Gasteiger charge is 2.12. The summed E-state index contributed by atoms with van der Waals surface area (Å²) in [5.41, 5.74) is 2.76. The predicted octanol–water partition coefficient (Wildman–Crippen LogP) is 5.68. The molecule has 0 spiro atoms. The zero-order valence-electron chi connectivity index (χ0n) is 16.3. The number of ether oxygens (including phenoxy) is 1. The lowest BCUT2D eigenvalue weighted by atomic mass is 10.1. The molecule has 154 valence electrons. The molecule has 0 aliphatic heterocycles. The number of pyridine rings is 3. The Kier molecular flexibility index (Phi) is 5.86. The topological polar surface area (TPSA) is 77.0 Å². The first kappa shape index (κ1) is 20.4. The van der Waals surface area contributed by atoms with E-state index in [1.165, 1.54) is 24.5 Å². The third kappa shape index (κ3) is 4.67. The van der Waals surface area contributed by atoms with Gasteiger partial charge in [0.1, 0.15) is 11.6 Å². The average molecular weight is 435 g/mol. The highest BCUT2D eigenvalue weighted by molar-refractivity contribution is 6.33. The molecule has 0 aliphatic rings. The Labute approximate surface area is 182 Å². The number of amides is 1. The van der Waals surface area contributed by atoms with Crippen LogP contribution in [0.4, 0.5) is 10.2 Å². The molecule has 0 fully saturated rings. The maximum absolute atomic E-state index is 13.7. The molecule has 0 atom stereocenters. The lowest BCUT2D eigenvalue weighted by molar-refractivity contribution is 0.102. The summed E-state index contributed by atoms with van der Waals surface area (Å²) in [5.74, 6) is -0.219. The number of hydrogen-bond donors (Lipinski definition) is 1. The molecule has 31 heavy (non-hydrogen) atoms. The van der Waals surface area contributed by atoms with Crippen LogP contribution in [0.5, 0.6) is 11.6 Å². The number of halogens is 2. The lowest BCUT2D eigenvalue weighted by Crippen LogP contribution is -2.14. The Morgan fingerprint density at radius 3 is 2.65 bits per heavy atom. The van der Waals surface area contributed by atoms with E-state index in [0.29, 0.717) is 27.7 Å². The summed E-state index contributed by atoms with van der Waals surface area (Å²) in [6.07, 6.45) is 6.19. The first-order valence-electron chi connectivity index (χ1n) is 9.27. The van der Waals surface area contributed by atoms with Gasteiger partial charge in [-0.25, -0.2) is 14.4 Å². The molecular weight excluding hydrogens is 419 g/mol. The fourth-order valence-corrected chi connectivity index (χ4v) is 3.14. The van der Waals surface area contributed by atoms with E-state index in [1.54, 1.807) is 48.8 Å². The van der Waals surface area contributed by atoms with E-state index in [1.807, 2.05) is 6.92 Å². The van der Waals surface area contributed by atoms with Crippen LogP contribution in [0.15, 0.2) is 73.3 Å². The van der Waals surface area contributed by atoms with Crippen molar-refractivity contribution in [2.45, 2.75) is 6.92 Å². The van der Waals surface area contributed by atoms with Gasteiger partial charge in [-0.05, 0) is 55.0 Å². The molecule has 0 bridgehead atoms. The number of nitrogens with one attached hydrogen (secondary N) is 1. The number of nitrogens with zero attached hydrogens (tertiary/aromatic N) is 3. The van der Waals surface area contributed by atoms with Crippen LogP contribution >= 0.6 is 11.6 Å². The molecule has 3 aromatic heterocycles. The van der Waals surface area contributed by atoms with E-state index in [2.05, 4.69) is 20.3 Å². The molecule has 4 aromatic rings. The quantitative estimate of drug-likeness (QED) is 0.437. The van der Waals surface area contributed by atoms with Gasteiger partial charge >= 0.3 is 0 Å². The second-order valence-electron chi connectivity index (χ2n) is 6.61. The third-order valence-corrected chi connectivity index (χ3v) is 4.79. The largest absolute Gasteiger partial charge is 0.436 e. The van der Waals surface area contributed by atoms with Crippen LogP contribution in [0, 0.1) is 12.7 Å². The van der Waals surface area contributed by atoms with Gasteiger partial charge in [0, 0.05) is 42.0 Å². The summed E-state index contributed by atoms with van der Waals surface area (Å²) in [4.78, 5) is 24.5. The summed E-state index contributed by atoms with van der Waals surface area (Å²) < 4.78 is 19.2. The van der Waals surface area contributed by atoms with Crippen LogP contribution in [0.25, 0.3) is 11.1 Å². The standard InChI is InChI=1S/C23H16ClFN4O2/c1-14-8-10-26-13-18(14)22(30)29-21-7-4-15(12-28-21)17-6-5-16(11-19(17)24)31-23-20(25)3-2-9-27-23/h2-13H,1H3,(H,28,29,30). The first-order valence-corrected chi connectivity index (χ1v) is 9.65. The van der Waals surface area contributed by atoms with E-state index in [9.17, 15) is 9.18 Å². The zero-order chi connectivity index (χ0) is 21.8. The summed E-state index contributed by atoms with van der Waals surface area (Å²) in [5, 5.41) is 3.15. The Hall–Kier alpha value is -3.84. The number of rotatable bonds is 5. The average Bonchev–Trinajstić information content (AvgIpc) is 2.76. The highest BCUT2D eigenvalue weighted by atomic mass is 35.5.